The third-order valence-corrected chi connectivity index (χ3v) is 2.73. The molecule has 0 heterocycles. The zero-order valence-corrected chi connectivity index (χ0v) is 11.0. The van der Waals surface area contributed by atoms with Crippen molar-refractivity contribution < 1.29 is 5.11 Å². The van der Waals surface area contributed by atoms with Crippen LogP contribution in [0.2, 0.25) is 0 Å². The van der Waals surface area contributed by atoms with Gasteiger partial charge in [-0.1, -0.05) is 18.2 Å². The van der Waals surface area contributed by atoms with E-state index in [1.807, 2.05) is 20.9 Å². The van der Waals surface area contributed by atoms with E-state index in [9.17, 15) is 5.11 Å². The highest BCUT2D eigenvalue weighted by molar-refractivity contribution is 5.33. The molecule has 0 aliphatic rings. The first-order valence-corrected chi connectivity index (χ1v) is 5.75. The molecule has 0 fully saturated rings. The summed E-state index contributed by atoms with van der Waals surface area (Å²) in [4.78, 5) is 2.16. The Morgan fingerprint density at radius 1 is 1.19 bits per heavy atom. The molecule has 1 N–H and O–H groups in total. The molecule has 1 aromatic rings. The van der Waals surface area contributed by atoms with Crippen molar-refractivity contribution in [1.29, 1.82) is 0 Å². The van der Waals surface area contributed by atoms with Crippen LogP contribution in [0.1, 0.15) is 30.5 Å². The van der Waals surface area contributed by atoms with E-state index in [2.05, 4.69) is 36.9 Å². The van der Waals surface area contributed by atoms with Gasteiger partial charge < -0.3 is 5.11 Å². The topological polar surface area (TPSA) is 23.5 Å². The van der Waals surface area contributed by atoms with Gasteiger partial charge in [0.25, 0.3) is 0 Å². The Hall–Kier alpha value is -0.860. The zero-order chi connectivity index (χ0) is 12.3. The normalized spacial score (nSPS) is 12.2. The third kappa shape index (κ3) is 3.95. The van der Waals surface area contributed by atoms with Gasteiger partial charge in [0.05, 0.1) is 5.60 Å². The maximum atomic E-state index is 9.76. The molecule has 0 aliphatic heterocycles. The Morgan fingerprint density at radius 2 is 1.69 bits per heavy atom. The van der Waals surface area contributed by atoms with Gasteiger partial charge in [-0.05, 0) is 51.4 Å². The molecule has 1 rings (SSSR count). The van der Waals surface area contributed by atoms with Crippen molar-refractivity contribution in [3.8, 4) is 0 Å². The van der Waals surface area contributed by atoms with Gasteiger partial charge in [0.15, 0.2) is 0 Å². The zero-order valence-electron chi connectivity index (χ0n) is 11.0. The van der Waals surface area contributed by atoms with Crippen molar-refractivity contribution in [2.75, 3.05) is 13.6 Å². The van der Waals surface area contributed by atoms with Gasteiger partial charge in [-0.2, -0.15) is 0 Å². The second-order valence-electron chi connectivity index (χ2n) is 5.36. The first kappa shape index (κ1) is 13.2. The van der Waals surface area contributed by atoms with Crippen molar-refractivity contribution in [2.45, 2.75) is 39.8 Å². The van der Waals surface area contributed by atoms with Gasteiger partial charge in [0.2, 0.25) is 0 Å². The minimum Gasteiger partial charge on any atom is -0.389 e. The molecule has 0 atom stereocenters. The largest absolute Gasteiger partial charge is 0.389 e. The van der Waals surface area contributed by atoms with Gasteiger partial charge in [-0.25, -0.2) is 0 Å². The van der Waals surface area contributed by atoms with Crippen molar-refractivity contribution in [3.05, 3.63) is 34.9 Å². The summed E-state index contributed by atoms with van der Waals surface area (Å²) in [5, 5.41) is 9.76. The lowest BCUT2D eigenvalue weighted by atomic mass is 10.0. The number of likely N-dealkylation sites (N-methyl/N-ethyl adjacent to an activating group) is 1. The molecule has 0 bridgehead atoms. The second-order valence-corrected chi connectivity index (χ2v) is 5.36. The SMILES string of the molecule is Cc1cccc(C)c1CN(C)CC(C)(C)O. The van der Waals surface area contributed by atoms with Crippen LogP contribution in [0.5, 0.6) is 0 Å². The first-order valence-electron chi connectivity index (χ1n) is 5.75. The number of aliphatic hydroxyl groups is 1. The van der Waals surface area contributed by atoms with Crippen LogP contribution in [-0.4, -0.2) is 29.2 Å². The fraction of sp³-hybridized carbons (Fsp3) is 0.571. The Balaban J connectivity index is 2.73. The summed E-state index contributed by atoms with van der Waals surface area (Å²) >= 11 is 0. The van der Waals surface area contributed by atoms with E-state index in [0.717, 1.165) is 6.54 Å². The maximum Gasteiger partial charge on any atom is 0.0718 e. The third-order valence-electron chi connectivity index (χ3n) is 2.73. The fourth-order valence-electron chi connectivity index (χ4n) is 2.08. The van der Waals surface area contributed by atoms with Crippen LogP contribution in [0.15, 0.2) is 18.2 Å². The van der Waals surface area contributed by atoms with Gasteiger partial charge in [-0.15, -0.1) is 0 Å². The Labute approximate surface area is 98.9 Å². The van der Waals surface area contributed by atoms with E-state index in [1.165, 1.54) is 16.7 Å². The molecule has 0 spiro atoms. The molecule has 90 valence electrons. The fourth-order valence-corrected chi connectivity index (χ4v) is 2.08. The molecule has 2 nitrogen and oxygen atoms in total. The number of rotatable bonds is 4. The number of aryl methyl sites for hydroxylation is 2. The Bertz CT molecular complexity index is 332. The standard InChI is InChI=1S/C14H23NO/c1-11-7-6-8-12(2)13(11)9-15(5)10-14(3,4)16/h6-8,16H,9-10H2,1-5H3. The number of benzene rings is 1. The molecule has 1 aromatic carbocycles. The molecule has 0 amide bonds. The van der Waals surface area contributed by atoms with Crippen LogP contribution in [0.25, 0.3) is 0 Å². The molecule has 0 saturated carbocycles. The summed E-state index contributed by atoms with van der Waals surface area (Å²) in [6.45, 7) is 9.53. The van der Waals surface area contributed by atoms with Crippen molar-refractivity contribution >= 4 is 0 Å². The maximum absolute atomic E-state index is 9.76. The monoisotopic (exact) mass is 221 g/mol. The van der Waals surface area contributed by atoms with E-state index >= 15 is 0 Å². The number of hydrogen-bond acceptors (Lipinski definition) is 2. The van der Waals surface area contributed by atoms with Crippen molar-refractivity contribution in [3.63, 3.8) is 0 Å². The van der Waals surface area contributed by atoms with Crippen LogP contribution >= 0.6 is 0 Å². The molecule has 0 unspecified atom stereocenters. The minimum absolute atomic E-state index is 0.634. The van der Waals surface area contributed by atoms with Crippen LogP contribution in [-0.2, 0) is 6.54 Å². The smallest absolute Gasteiger partial charge is 0.0718 e. The highest BCUT2D eigenvalue weighted by Crippen LogP contribution is 2.16. The lowest BCUT2D eigenvalue weighted by molar-refractivity contribution is 0.0424. The summed E-state index contributed by atoms with van der Waals surface area (Å²) in [6.07, 6.45) is 0. The van der Waals surface area contributed by atoms with E-state index in [1.54, 1.807) is 0 Å². The van der Waals surface area contributed by atoms with Crippen LogP contribution in [0.4, 0.5) is 0 Å². The summed E-state index contributed by atoms with van der Waals surface area (Å²) in [6, 6.07) is 6.37. The highest BCUT2D eigenvalue weighted by atomic mass is 16.3. The van der Waals surface area contributed by atoms with Crippen molar-refractivity contribution in [1.82, 2.24) is 4.90 Å². The van der Waals surface area contributed by atoms with Gasteiger partial charge in [0, 0.05) is 13.1 Å². The predicted octanol–water partition coefficient (Wildman–Crippen LogP) is 2.51. The van der Waals surface area contributed by atoms with E-state index < -0.39 is 5.60 Å². The van der Waals surface area contributed by atoms with E-state index in [4.69, 9.17) is 0 Å². The molecule has 0 aromatic heterocycles. The molecule has 0 radical (unpaired) electrons. The molecule has 0 saturated heterocycles. The first-order chi connectivity index (χ1) is 7.29. The van der Waals surface area contributed by atoms with Crippen molar-refractivity contribution in [2.24, 2.45) is 0 Å². The summed E-state index contributed by atoms with van der Waals surface area (Å²) in [5.41, 5.74) is 3.38. The molecular formula is C14H23NO. The summed E-state index contributed by atoms with van der Waals surface area (Å²) < 4.78 is 0. The van der Waals surface area contributed by atoms with Crippen LogP contribution in [0.3, 0.4) is 0 Å². The average Bonchev–Trinajstić information content (AvgIpc) is 2.08. The van der Waals surface area contributed by atoms with E-state index in [-0.39, 0.29) is 0 Å². The Kier molecular flexibility index (Phi) is 4.11. The van der Waals surface area contributed by atoms with E-state index in [0.29, 0.717) is 6.54 Å². The quantitative estimate of drug-likeness (QED) is 0.844. The van der Waals surface area contributed by atoms with Crippen LogP contribution in [0, 0.1) is 13.8 Å². The minimum atomic E-state index is -0.634. The van der Waals surface area contributed by atoms with Gasteiger partial charge in [0.1, 0.15) is 0 Å². The number of hydrogen-bond donors (Lipinski definition) is 1. The second kappa shape index (κ2) is 4.98. The molecule has 2 heteroatoms. The summed E-state index contributed by atoms with van der Waals surface area (Å²) in [5.74, 6) is 0. The molecule has 0 aliphatic carbocycles. The number of nitrogens with zero attached hydrogens (tertiary/aromatic N) is 1. The van der Waals surface area contributed by atoms with Gasteiger partial charge >= 0.3 is 0 Å². The van der Waals surface area contributed by atoms with Crippen LogP contribution < -0.4 is 0 Å². The van der Waals surface area contributed by atoms with Gasteiger partial charge in [-0.3, -0.25) is 4.90 Å². The lowest BCUT2D eigenvalue weighted by Crippen LogP contribution is -2.36. The summed E-state index contributed by atoms with van der Waals surface area (Å²) in [7, 11) is 2.05. The average molecular weight is 221 g/mol. The highest BCUT2D eigenvalue weighted by Gasteiger charge is 2.16. The molecule has 16 heavy (non-hydrogen) atoms. The lowest BCUT2D eigenvalue weighted by Gasteiger charge is -2.26. The molecular weight excluding hydrogens is 198 g/mol. The predicted molar refractivity (Wildman–Crippen MR) is 68.5 cm³/mol. The Morgan fingerprint density at radius 3 is 2.12 bits per heavy atom.